The second kappa shape index (κ2) is 6.99. The van der Waals surface area contributed by atoms with Crippen molar-refractivity contribution in [2.75, 3.05) is 13.2 Å². The van der Waals surface area contributed by atoms with Gasteiger partial charge >= 0.3 is 0 Å². The van der Waals surface area contributed by atoms with Crippen molar-refractivity contribution in [3.63, 3.8) is 0 Å². The maximum atomic E-state index is 11.6. The Morgan fingerprint density at radius 3 is 2.88 bits per heavy atom. The Bertz CT molecular complexity index is 398. The third-order valence-corrected chi connectivity index (χ3v) is 3.30. The average molecular weight is 321 g/mol. The van der Waals surface area contributed by atoms with Gasteiger partial charge in [-0.1, -0.05) is 40.5 Å². The zero-order valence-electron chi connectivity index (χ0n) is 9.54. The first-order chi connectivity index (χ1) is 8.02. The Morgan fingerprint density at radius 1 is 1.59 bits per heavy atom. The van der Waals surface area contributed by atoms with Crippen molar-refractivity contribution in [1.82, 2.24) is 5.32 Å². The Labute approximate surface area is 114 Å². The molecular formula is C12H15BrClNO2. The van der Waals surface area contributed by atoms with Crippen LogP contribution in [-0.2, 0) is 11.2 Å². The molecule has 94 valence electrons. The second-order valence-electron chi connectivity index (χ2n) is 4.00. The number of amides is 1. The zero-order chi connectivity index (χ0) is 12.8. The monoisotopic (exact) mass is 319 g/mol. The minimum atomic E-state index is -0.0617. The van der Waals surface area contributed by atoms with Crippen LogP contribution >= 0.6 is 27.5 Å². The fourth-order valence-corrected chi connectivity index (χ4v) is 2.08. The first kappa shape index (κ1) is 14.5. The Morgan fingerprint density at radius 2 is 2.29 bits per heavy atom. The van der Waals surface area contributed by atoms with E-state index in [2.05, 4.69) is 21.2 Å². The van der Waals surface area contributed by atoms with Crippen molar-refractivity contribution >= 4 is 33.4 Å². The molecule has 1 atom stereocenters. The topological polar surface area (TPSA) is 49.3 Å². The summed E-state index contributed by atoms with van der Waals surface area (Å²) in [4.78, 5) is 11.6. The van der Waals surface area contributed by atoms with Crippen LogP contribution in [-0.4, -0.2) is 24.2 Å². The van der Waals surface area contributed by atoms with Gasteiger partial charge in [0.25, 0.3) is 0 Å². The average Bonchev–Trinajstić information content (AvgIpc) is 2.29. The molecule has 2 N–H and O–H groups in total. The van der Waals surface area contributed by atoms with Gasteiger partial charge in [0.15, 0.2) is 0 Å². The molecule has 5 heteroatoms. The van der Waals surface area contributed by atoms with Gasteiger partial charge in [0, 0.05) is 22.6 Å². The molecular weight excluding hydrogens is 305 g/mol. The largest absolute Gasteiger partial charge is 0.396 e. The first-order valence-electron chi connectivity index (χ1n) is 5.34. The molecule has 0 saturated heterocycles. The van der Waals surface area contributed by atoms with Crippen molar-refractivity contribution in [3.8, 4) is 0 Å². The summed E-state index contributed by atoms with van der Waals surface area (Å²) in [5.74, 6) is 0.0148. The van der Waals surface area contributed by atoms with E-state index in [1.165, 1.54) is 0 Å². The summed E-state index contributed by atoms with van der Waals surface area (Å²) in [5, 5.41) is 12.2. The lowest BCUT2D eigenvalue weighted by Gasteiger charge is -2.10. The van der Waals surface area contributed by atoms with Gasteiger partial charge in [-0.05, 0) is 23.6 Å². The number of aliphatic hydroxyl groups is 1. The van der Waals surface area contributed by atoms with E-state index in [4.69, 9.17) is 16.7 Å². The molecule has 0 spiro atoms. The highest BCUT2D eigenvalue weighted by Crippen LogP contribution is 2.21. The Balaban J connectivity index is 2.50. The van der Waals surface area contributed by atoms with Gasteiger partial charge in [0.05, 0.1) is 6.42 Å². The van der Waals surface area contributed by atoms with Gasteiger partial charge in [-0.15, -0.1) is 0 Å². The number of hydrogen-bond donors (Lipinski definition) is 2. The quantitative estimate of drug-likeness (QED) is 0.875. The fraction of sp³-hybridized carbons (Fsp3) is 0.417. The van der Waals surface area contributed by atoms with E-state index in [0.717, 1.165) is 10.0 Å². The normalized spacial score (nSPS) is 12.2. The second-order valence-corrected chi connectivity index (χ2v) is 5.30. The lowest BCUT2D eigenvalue weighted by Crippen LogP contribution is -2.30. The molecule has 1 aromatic carbocycles. The Hall–Kier alpha value is -0.580. The molecule has 3 nitrogen and oxygen atoms in total. The standard InChI is InChI=1S/C12H15BrClNO2/c1-8(7-16)6-15-12(17)4-9-2-3-10(14)5-11(9)13/h2-3,5,8,16H,4,6-7H2,1H3,(H,15,17). The van der Waals surface area contributed by atoms with Crippen LogP contribution in [0.4, 0.5) is 0 Å². The summed E-state index contributed by atoms with van der Waals surface area (Å²) in [7, 11) is 0. The number of hydrogen-bond acceptors (Lipinski definition) is 2. The van der Waals surface area contributed by atoms with Crippen LogP contribution in [0.2, 0.25) is 5.02 Å². The van der Waals surface area contributed by atoms with Crippen LogP contribution in [0.1, 0.15) is 12.5 Å². The molecule has 0 radical (unpaired) electrons. The van der Waals surface area contributed by atoms with Gasteiger partial charge in [-0.25, -0.2) is 0 Å². The third-order valence-electron chi connectivity index (χ3n) is 2.33. The molecule has 1 aromatic rings. The summed E-state index contributed by atoms with van der Waals surface area (Å²) < 4.78 is 0.829. The van der Waals surface area contributed by atoms with Gasteiger partial charge in [0.1, 0.15) is 0 Å². The SMILES string of the molecule is CC(CO)CNC(=O)Cc1ccc(Cl)cc1Br. The summed E-state index contributed by atoms with van der Waals surface area (Å²) in [6, 6.07) is 5.34. The van der Waals surface area contributed by atoms with Crippen molar-refractivity contribution in [2.24, 2.45) is 5.92 Å². The molecule has 0 aliphatic rings. The molecule has 0 aromatic heterocycles. The number of halogens is 2. The molecule has 0 heterocycles. The Kier molecular flexibility index (Phi) is 5.95. The van der Waals surface area contributed by atoms with E-state index < -0.39 is 0 Å². The van der Waals surface area contributed by atoms with E-state index >= 15 is 0 Å². The molecule has 1 amide bonds. The maximum Gasteiger partial charge on any atom is 0.224 e. The number of carbonyl (C=O) groups is 1. The number of rotatable bonds is 5. The molecule has 0 bridgehead atoms. The molecule has 1 rings (SSSR count). The van der Waals surface area contributed by atoms with Gasteiger partial charge in [-0.2, -0.15) is 0 Å². The molecule has 0 saturated carbocycles. The maximum absolute atomic E-state index is 11.6. The number of benzene rings is 1. The van der Waals surface area contributed by atoms with E-state index in [9.17, 15) is 4.79 Å². The smallest absolute Gasteiger partial charge is 0.224 e. The summed E-state index contributed by atoms with van der Waals surface area (Å²) in [6.07, 6.45) is 0.301. The van der Waals surface area contributed by atoms with Crippen LogP contribution in [0.3, 0.4) is 0 Å². The van der Waals surface area contributed by atoms with Crippen LogP contribution in [0.5, 0.6) is 0 Å². The van der Waals surface area contributed by atoms with Crippen LogP contribution in [0.25, 0.3) is 0 Å². The first-order valence-corrected chi connectivity index (χ1v) is 6.51. The predicted molar refractivity (Wildman–Crippen MR) is 72.1 cm³/mol. The van der Waals surface area contributed by atoms with Gasteiger partial charge < -0.3 is 10.4 Å². The minimum absolute atomic E-state index is 0.0617. The third kappa shape index (κ3) is 5.06. The summed E-state index contributed by atoms with van der Waals surface area (Å²) >= 11 is 9.18. The zero-order valence-corrected chi connectivity index (χ0v) is 11.9. The van der Waals surface area contributed by atoms with E-state index in [0.29, 0.717) is 18.0 Å². The van der Waals surface area contributed by atoms with Crippen molar-refractivity contribution in [1.29, 1.82) is 0 Å². The van der Waals surface area contributed by atoms with Crippen molar-refractivity contribution in [2.45, 2.75) is 13.3 Å². The summed E-state index contributed by atoms with van der Waals surface area (Å²) in [5.41, 5.74) is 0.892. The van der Waals surface area contributed by atoms with Crippen LogP contribution in [0, 0.1) is 5.92 Å². The molecule has 0 fully saturated rings. The number of nitrogens with one attached hydrogen (secondary N) is 1. The predicted octanol–water partition coefficient (Wildman–Crippen LogP) is 2.39. The lowest BCUT2D eigenvalue weighted by molar-refractivity contribution is -0.120. The van der Waals surface area contributed by atoms with Crippen LogP contribution in [0.15, 0.2) is 22.7 Å². The van der Waals surface area contributed by atoms with Crippen molar-refractivity contribution < 1.29 is 9.90 Å². The fourth-order valence-electron chi connectivity index (χ4n) is 1.25. The molecule has 17 heavy (non-hydrogen) atoms. The van der Waals surface area contributed by atoms with Gasteiger partial charge in [-0.3, -0.25) is 4.79 Å². The highest BCUT2D eigenvalue weighted by molar-refractivity contribution is 9.10. The lowest BCUT2D eigenvalue weighted by atomic mass is 10.1. The number of carbonyl (C=O) groups excluding carboxylic acids is 1. The van der Waals surface area contributed by atoms with E-state index in [-0.39, 0.29) is 18.4 Å². The van der Waals surface area contributed by atoms with Gasteiger partial charge in [0.2, 0.25) is 5.91 Å². The minimum Gasteiger partial charge on any atom is -0.396 e. The molecule has 0 aliphatic heterocycles. The highest BCUT2D eigenvalue weighted by Gasteiger charge is 2.08. The number of aliphatic hydroxyl groups excluding tert-OH is 1. The molecule has 0 aliphatic carbocycles. The van der Waals surface area contributed by atoms with E-state index in [1.54, 1.807) is 12.1 Å². The highest BCUT2D eigenvalue weighted by atomic mass is 79.9. The summed E-state index contributed by atoms with van der Waals surface area (Å²) in [6.45, 7) is 2.43. The van der Waals surface area contributed by atoms with E-state index in [1.807, 2.05) is 13.0 Å². The van der Waals surface area contributed by atoms with Crippen molar-refractivity contribution in [3.05, 3.63) is 33.3 Å². The molecule has 1 unspecified atom stereocenters. The van der Waals surface area contributed by atoms with Crippen LogP contribution < -0.4 is 5.32 Å².